The average Bonchev–Trinajstić information content (AvgIpc) is 2.59. The maximum atomic E-state index is 12.3. The molecule has 0 saturated heterocycles. The summed E-state index contributed by atoms with van der Waals surface area (Å²) in [6.45, 7) is 6.22. The summed E-state index contributed by atoms with van der Waals surface area (Å²) in [5.74, 6) is -0.110. The van der Waals surface area contributed by atoms with Crippen LogP contribution in [0.15, 0.2) is 48.5 Å². The van der Waals surface area contributed by atoms with Crippen LogP contribution in [0.1, 0.15) is 48.2 Å². The third kappa shape index (κ3) is 6.10. The molecular weight excluding hydrogens is 360 g/mol. The number of benzene rings is 2. The molecule has 0 bridgehead atoms. The molecule has 6 heteroatoms. The highest BCUT2D eigenvalue weighted by Crippen LogP contribution is 2.22. The molecular formula is C21H28N2O3S. The van der Waals surface area contributed by atoms with Gasteiger partial charge in [-0.1, -0.05) is 37.6 Å². The Bertz CT molecular complexity index is 877. The third-order valence-electron chi connectivity index (χ3n) is 4.33. The Kier molecular flexibility index (Phi) is 7.02. The van der Waals surface area contributed by atoms with E-state index in [-0.39, 0.29) is 18.5 Å². The van der Waals surface area contributed by atoms with Gasteiger partial charge in [-0.25, -0.2) is 8.42 Å². The van der Waals surface area contributed by atoms with Gasteiger partial charge in [-0.2, -0.15) is 0 Å². The Morgan fingerprint density at radius 3 is 2.37 bits per heavy atom. The number of amides is 1. The van der Waals surface area contributed by atoms with Crippen LogP contribution in [0, 0.1) is 6.92 Å². The largest absolute Gasteiger partial charge is 0.350 e. The second-order valence-electron chi connectivity index (χ2n) is 6.97. The molecule has 5 nitrogen and oxygen atoms in total. The van der Waals surface area contributed by atoms with E-state index in [4.69, 9.17) is 0 Å². The second kappa shape index (κ2) is 9.04. The normalized spacial score (nSPS) is 12.4. The minimum absolute atomic E-state index is 0.110. The van der Waals surface area contributed by atoms with Crippen molar-refractivity contribution >= 4 is 21.6 Å². The van der Waals surface area contributed by atoms with Crippen molar-refractivity contribution in [3.05, 3.63) is 65.2 Å². The number of nitrogens with zero attached hydrogens (tertiary/aromatic N) is 1. The first-order valence-corrected chi connectivity index (χ1v) is 11.0. The van der Waals surface area contributed by atoms with Gasteiger partial charge in [0.25, 0.3) is 5.91 Å². The van der Waals surface area contributed by atoms with Crippen LogP contribution < -0.4 is 9.62 Å². The fourth-order valence-corrected chi connectivity index (χ4v) is 3.80. The molecule has 146 valence electrons. The number of hydrogen-bond acceptors (Lipinski definition) is 3. The van der Waals surface area contributed by atoms with Crippen LogP contribution in [0.25, 0.3) is 0 Å². The SMILES string of the molecule is CCC[C@@H](C)NC(=O)c1ccc(CN(c2cccc(C)c2)S(C)(=O)=O)cc1. The number of nitrogens with one attached hydrogen (secondary N) is 1. The van der Waals surface area contributed by atoms with Crippen molar-refractivity contribution < 1.29 is 13.2 Å². The minimum Gasteiger partial charge on any atom is -0.350 e. The minimum atomic E-state index is -3.43. The van der Waals surface area contributed by atoms with E-state index in [9.17, 15) is 13.2 Å². The van der Waals surface area contributed by atoms with E-state index in [1.807, 2.05) is 32.0 Å². The van der Waals surface area contributed by atoms with Crippen molar-refractivity contribution in [2.75, 3.05) is 10.6 Å². The molecule has 2 rings (SSSR count). The quantitative estimate of drug-likeness (QED) is 0.746. The molecule has 0 saturated carbocycles. The smallest absolute Gasteiger partial charge is 0.251 e. The van der Waals surface area contributed by atoms with Crippen molar-refractivity contribution in [1.82, 2.24) is 5.32 Å². The molecule has 0 aliphatic carbocycles. The van der Waals surface area contributed by atoms with Crippen LogP contribution in [0.5, 0.6) is 0 Å². The molecule has 0 aliphatic rings. The summed E-state index contributed by atoms with van der Waals surface area (Å²) in [4.78, 5) is 12.3. The van der Waals surface area contributed by atoms with E-state index >= 15 is 0 Å². The second-order valence-corrected chi connectivity index (χ2v) is 8.88. The van der Waals surface area contributed by atoms with Crippen LogP contribution in [-0.4, -0.2) is 26.6 Å². The summed E-state index contributed by atoms with van der Waals surface area (Å²) in [5, 5.41) is 2.97. The highest BCUT2D eigenvalue weighted by molar-refractivity contribution is 7.92. The standard InChI is InChI=1S/C21H28N2O3S/c1-5-7-17(3)22-21(24)19-12-10-18(11-13-19)15-23(27(4,25)26)20-9-6-8-16(2)14-20/h6,8-14,17H,5,7,15H2,1-4H3,(H,22,24)/t17-/m1/s1. The molecule has 0 spiro atoms. The molecule has 0 unspecified atom stereocenters. The Morgan fingerprint density at radius 2 is 1.81 bits per heavy atom. The fourth-order valence-electron chi connectivity index (χ4n) is 2.92. The number of aryl methyl sites for hydroxylation is 1. The van der Waals surface area contributed by atoms with Gasteiger partial charge < -0.3 is 5.32 Å². The predicted molar refractivity (Wildman–Crippen MR) is 110 cm³/mol. The first-order chi connectivity index (χ1) is 12.7. The van der Waals surface area contributed by atoms with Gasteiger partial charge in [0.1, 0.15) is 0 Å². The van der Waals surface area contributed by atoms with E-state index in [1.165, 1.54) is 10.6 Å². The number of rotatable bonds is 8. The van der Waals surface area contributed by atoms with Gasteiger partial charge >= 0.3 is 0 Å². The van der Waals surface area contributed by atoms with E-state index < -0.39 is 10.0 Å². The first-order valence-electron chi connectivity index (χ1n) is 9.15. The molecule has 2 aromatic rings. The molecule has 0 aromatic heterocycles. The Balaban J connectivity index is 2.16. The lowest BCUT2D eigenvalue weighted by atomic mass is 10.1. The van der Waals surface area contributed by atoms with E-state index in [2.05, 4.69) is 12.2 Å². The first kappa shape index (κ1) is 21.0. The molecule has 1 amide bonds. The summed E-state index contributed by atoms with van der Waals surface area (Å²) in [5.41, 5.74) is 3.02. The summed E-state index contributed by atoms with van der Waals surface area (Å²) >= 11 is 0. The van der Waals surface area contributed by atoms with Gasteiger partial charge in [0.15, 0.2) is 0 Å². The van der Waals surface area contributed by atoms with Crippen molar-refractivity contribution in [3.8, 4) is 0 Å². The van der Waals surface area contributed by atoms with E-state index in [0.717, 1.165) is 24.0 Å². The zero-order valence-corrected chi connectivity index (χ0v) is 17.2. The van der Waals surface area contributed by atoms with Gasteiger partial charge in [0.2, 0.25) is 10.0 Å². The lowest BCUT2D eigenvalue weighted by Gasteiger charge is -2.23. The van der Waals surface area contributed by atoms with Crippen molar-refractivity contribution in [2.24, 2.45) is 0 Å². The molecule has 27 heavy (non-hydrogen) atoms. The van der Waals surface area contributed by atoms with Crippen LogP contribution in [-0.2, 0) is 16.6 Å². The average molecular weight is 389 g/mol. The predicted octanol–water partition coefficient (Wildman–Crippen LogP) is 3.88. The van der Waals surface area contributed by atoms with Gasteiger partial charge in [-0.3, -0.25) is 9.10 Å². The number of carbonyl (C=O) groups excluding carboxylic acids is 1. The topological polar surface area (TPSA) is 66.5 Å². The van der Waals surface area contributed by atoms with Crippen LogP contribution in [0.3, 0.4) is 0 Å². The lowest BCUT2D eigenvalue weighted by molar-refractivity contribution is 0.0938. The van der Waals surface area contributed by atoms with Gasteiger partial charge in [-0.05, 0) is 55.7 Å². The summed E-state index contributed by atoms with van der Waals surface area (Å²) < 4.78 is 25.9. The molecule has 1 atom stereocenters. The highest BCUT2D eigenvalue weighted by Gasteiger charge is 2.18. The molecule has 0 fully saturated rings. The van der Waals surface area contributed by atoms with Crippen molar-refractivity contribution in [1.29, 1.82) is 0 Å². The number of hydrogen-bond donors (Lipinski definition) is 1. The molecule has 0 aliphatic heterocycles. The van der Waals surface area contributed by atoms with E-state index in [1.54, 1.807) is 30.3 Å². The van der Waals surface area contributed by atoms with Crippen LogP contribution in [0.4, 0.5) is 5.69 Å². The number of sulfonamides is 1. The molecule has 0 radical (unpaired) electrons. The van der Waals surface area contributed by atoms with Crippen LogP contribution in [0.2, 0.25) is 0 Å². The Hall–Kier alpha value is -2.34. The van der Waals surface area contributed by atoms with Gasteiger partial charge in [0.05, 0.1) is 18.5 Å². The summed E-state index contributed by atoms with van der Waals surface area (Å²) in [6, 6.07) is 14.6. The lowest BCUT2D eigenvalue weighted by Crippen LogP contribution is -2.32. The van der Waals surface area contributed by atoms with Gasteiger partial charge in [0, 0.05) is 11.6 Å². The van der Waals surface area contributed by atoms with Crippen LogP contribution >= 0.6 is 0 Å². The maximum absolute atomic E-state index is 12.3. The zero-order valence-electron chi connectivity index (χ0n) is 16.4. The van der Waals surface area contributed by atoms with E-state index in [0.29, 0.717) is 11.3 Å². The highest BCUT2D eigenvalue weighted by atomic mass is 32.2. The summed E-state index contributed by atoms with van der Waals surface area (Å²) in [7, 11) is -3.43. The molecule has 1 N–H and O–H groups in total. The van der Waals surface area contributed by atoms with Crippen molar-refractivity contribution in [3.63, 3.8) is 0 Å². The number of anilines is 1. The maximum Gasteiger partial charge on any atom is 0.251 e. The zero-order chi connectivity index (χ0) is 20.0. The number of carbonyl (C=O) groups is 1. The van der Waals surface area contributed by atoms with Crippen molar-refractivity contribution in [2.45, 2.75) is 46.2 Å². The fraction of sp³-hybridized carbons (Fsp3) is 0.381. The molecule has 2 aromatic carbocycles. The monoisotopic (exact) mass is 388 g/mol. The Morgan fingerprint density at radius 1 is 1.15 bits per heavy atom. The Labute approximate surface area is 162 Å². The summed E-state index contributed by atoms with van der Waals surface area (Å²) in [6.07, 6.45) is 3.15. The van der Waals surface area contributed by atoms with Gasteiger partial charge in [-0.15, -0.1) is 0 Å². The third-order valence-corrected chi connectivity index (χ3v) is 5.47. The molecule has 0 heterocycles.